The van der Waals surface area contributed by atoms with Gasteiger partial charge in [-0.2, -0.15) is 0 Å². The van der Waals surface area contributed by atoms with Gasteiger partial charge in [-0.1, -0.05) is 32.4 Å². The molecule has 1 atom stereocenters. The number of unbranched alkanes of at least 4 members (excludes halogenated alkanes) is 1. The lowest BCUT2D eigenvalue weighted by molar-refractivity contribution is -0.136. The first-order chi connectivity index (χ1) is 12.5. The minimum Gasteiger partial charge on any atom is -0.344 e. The molecule has 1 aromatic carbocycles. The van der Waals surface area contributed by atoms with Gasteiger partial charge in [0, 0.05) is 30.7 Å². The van der Waals surface area contributed by atoms with E-state index in [1.807, 2.05) is 4.90 Å². The Kier molecular flexibility index (Phi) is 8.49. The molecule has 1 unspecified atom stereocenters. The maximum atomic E-state index is 12.8. The fourth-order valence-electron chi connectivity index (χ4n) is 3.18. The average Bonchev–Trinajstić information content (AvgIpc) is 2.64. The normalized spacial score (nSPS) is 16.3. The maximum absolute atomic E-state index is 12.8. The third-order valence-electron chi connectivity index (χ3n) is 4.93. The molecule has 1 fully saturated rings. The molecule has 0 aliphatic carbocycles. The predicted molar refractivity (Wildman–Crippen MR) is 108 cm³/mol. The van der Waals surface area contributed by atoms with Crippen LogP contribution in [-0.2, 0) is 16.0 Å². The zero-order valence-electron chi connectivity index (χ0n) is 16.3. The van der Waals surface area contributed by atoms with Crippen molar-refractivity contribution < 1.29 is 9.59 Å². The van der Waals surface area contributed by atoms with E-state index in [0.717, 1.165) is 37.2 Å². The number of thioether (sulfide) groups is 1. The zero-order chi connectivity index (χ0) is 18.9. The summed E-state index contributed by atoms with van der Waals surface area (Å²) in [4.78, 5) is 27.4. The van der Waals surface area contributed by atoms with E-state index in [0.29, 0.717) is 11.7 Å². The van der Waals surface area contributed by atoms with E-state index >= 15 is 0 Å². The van der Waals surface area contributed by atoms with Crippen LogP contribution in [0.2, 0.25) is 0 Å². The number of hydrogen-bond acceptors (Lipinski definition) is 3. The molecule has 2 rings (SSSR count). The highest BCUT2D eigenvalue weighted by Crippen LogP contribution is 2.22. The maximum Gasteiger partial charge on any atom is 0.246 e. The molecule has 0 radical (unpaired) electrons. The van der Waals surface area contributed by atoms with E-state index in [2.05, 4.69) is 43.4 Å². The summed E-state index contributed by atoms with van der Waals surface area (Å²) in [6, 6.07) is 8.12. The van der Waals surface area contributed by atoms with Crippen LogP contribution in [0.1, 0.15) is 52.0 Å². The highest BCUT2D eigenvalue weighted by molar-refractivity contribution is 7.99. The molecule has 0 aromatic heterocycles. The molecule has 1 aliphatic heterocycles. The highest BCUT2D eigenvalue weighted by atomic mass is 32.2. The van der Waals surface area contributed by atoms with E-state index in [9.17, 15) is 9.59 Å². The van der Waals surface area contributed by atoms with Crippen molar-refractivity contribution >= 4 is 23.6 Å². The van der Waals surface area contributed by atoms with Crippen molar-refractivity contribution in [2.45, 2.75) is 63.8 Å². The van der Waals surface area contributed by atoms with Gasteiger partial charge in [0.1, 0.15) is 6.04 Å². The number of likely N-dealkylation sites (tertiary alicyclic amines) is 1. The van der Waals surface area contributed by atoms with Gasteiger partial charge >= 0.3 is 0 Å². The molecule has 0 bridgehead atoms. The van der Waals surface area contributed by atoms with Gasteiger partial charge in [0.25, 0.3) is 0 Å². The molecule has 1 N–H and O–H groups in total. The van der Waals surface area contributed by atoms with E-state index in [-0.39, 0.29) is 11.8 Å². The molecular weight excluding hydrogens is 344 g/mol. The SMILES string of the molecule is CCCCc1ccc(SCC(NC(C)=O)C(=O)N2CCC(C)CC2)cc1. The van der Waals surface area contributed by atoms with E-state index in [1.165, 1.54) is 25.3 Å². The number of rotatable bonds is 8. The van der Waals surface area contributed by atoms with Crippen LogP contribution in [-0.4, -0.2) is 41.6 Å². The lowest BCUT2D eigenvalue weighted by Gasteiger charge is -2.33. The van der Waals surface area contributed by atoms with Crippen LogP contribution in [0.25, 0.3) is 0 Å². The summed E-state index contributed by atoms with van der Waals surface area (Å²) in [7, 11) is 0. The third kappa shape index (κ3) is 6.67. The summed E-state index contributed by atoms with van der Waals surface area (Å²) in [5.74, 6) is 1.15. The van der Waals surface area contributed by atoms with Crippen molar-refractivity contribution in [2.75, 3.05) is 18.8 Å². The van der Waals surface area contributed by atoms with Gasteiger partial charge in [0.05, 0.1) is 0 Å². The monoisotopic (exact) mass is 376 g/mol. The van der Waals surface area contributed by atoms with Crippen molar-refractivity contribution in [3.8, 4) is 0 Å². The zero-order valence-corrected chi connectivity index (χ0v) is 17.1. The molecule has 1 saturated heterocycles. The Hall–Kier alpha value is -1.49. The van der Waals surface area contributed by atoms with E-state index in [1.54, 1.807) is 11.8 Å². The highest BCUT2D eigenvalue weighted by Gasteiger charge is 2.27. The number of piperidine rings is 1. The topological polar surface area (TPSA) is 49.4 Å². The first kappa shape index (κ1) is 20.8. The molecule has 4 nitrogen and oxygen atoms in total. The smallest absolute Gasteiger partial charge is 0.246 e. The van der Waals surface area contributed by atoms with E-state index < -0.39 is 6.04 Å². The van der Waals surface area contributed by atoms with Gasteiger partial charge in [-0.05, 0) is 49.3 Å². The molecule has 2 amide bonds. The molecule has 0 spiro atoms. The Morgan fingerprint density at radius 1 is 1.23 bits per heavy atom. The third-order valence-corrected chi connectivity index (χ3v) is 6.04. The number of aryl methyl sites for hydroxylation is 1. The van der Waals surface area contributed by atoms with Gasteiger partial charge in [0.2, 0.25) is 11.8 Å². The van der Waals surface area contributed by atoms with Gasteiger partial charge in [-0.15, -0.1) is 11.8 Å². The van der Waals surface area contributed by atoms with E-state index in [4.69, 9.17) is 0 Å². The molecule has 5 heteroatoms. The summed E-state index contributed by atoms with van der Waals surface area (Å²) in [5.41, 5.74) is 1.35. The minimum atomic E-state index is -0.453. The Balaban J connectivity index is 1.92. The largest absolute Gasteiger partial charge is 0.344 e. The van der Waals surface area contributed by atoms with Crippen molar-refractivity contribution in [3.05, 3.63) is 29.8 Å². The molecule has 1 heterocycles. The van der Waals surface area contributed by atoms with Gasteiger partial charge in [-0.3, -0.25) is 9.59 Å². The number of benzene rings is 1. The Morgan fingerprint density at radius 2 is 1.88 bits per heavy atom. The van der Waals surface area contributed by atoms with Crippen LogP contribution >= 0.6 is 11.8 Å². The predicted octanol–water partition coefficient (Wildman–Crippen LogP) is 3.88. The second-order valence-electron chi connectivity index (χ2n) is 7.32. The summed E-state index contributed by atoms with van der Waals surface area (Å²) in [5, 5.41) is 2.85. The summed E-state index contributed by atoms with van der Waals surface area (Å²) in [6.45, 7) is 7.50. The van der Waals surface area contributed by atoms with Gasteiger partial charge < -0.3 is 10.2 Å². The van der Waals surface area contributed by atoms with Crippen molar-refractivity contribution in [1.29, 1.82) is 0 Å². The Morgan fingerprint density at radius 3 is 2.46 bits per heavy atom. The van der Waals surface area contributed by atoms with Gasteiger partial charge in [-0.25, -0.2) is 0 Å². The van der Waals surface area contributed by atoms with Crippen molar-refractivity contribution in [1.82, 2.24) is 10.2 Å². The number of nitrogens with one attached hydrogen (secondary N) is 1. The summed E-state index contributed by atoms with van der Waals surface area (Å²) in [6.07, 6.45) is 5.62. The van der Waals surface area contributed by atoms with Crippen molar-refractivity contribution in [3.63, 3.8) is 0 Å². The lowest BCUT2D eigenvalue weighted by Crippen LogP contribution is -2.51. The molecule has 1 aliphatic rings. The Labute approximate surface area is 162 Å². The second-order valence-corrected chi connectivity index (χ2v) is 8.41. The fourth-order valence-corrected chi connectivity index (χ4v) is 4.10. The number of carbonyl (C=O) groups is 2. The standard InChI is InChI=1S/C21H32N2O2S/c1-4-5-6-18-7-9-19(10-8-18)26-15-20(22-17(3)24)21(25)23-13-11-16(2)12-14-23/h7-10,16,20H,4-6,11-15H2,1-3H3,(H,22,24). The number of carbonyl (C=O) groups excluding carboxylic acids is 2. The molecule has 1 aromatic rings. The van der Waals surface area contributed by atoms with Crippen LogP contribution in [0.3, 0.4) is 0 Å². The first-order valence-electron chi connectivity index (χ1n) is 9.77. The van der Waals surface area contributed by atoms with Crippen LogP contribution < -0.4 is 5.32 Å². The summed E-state index contributed by atoms with van der Waals surface area (Å²) < 4.78 is 0. The molecule has 26 heavy (non-hydrogen) atoms. The lowest BCUT2D eigenvalue weighted by atomic mass is 9.99. The number of amides is 2. The Bertz CT molecular complexity index is 580. The average molecular weight is 377 g/mol. The van der Waals surface area contributed by atoms with Gasteiger partial charge in [0.15, 0.2) is 0 Å². The van der Waals surface area contributed by atoms with Crippen LogP contribution in [0, 0.1) is 5.92 Å². The second kappa shape index (κ2) is 10.6. The number of hydrogen-bond donors (Lipinski definition) is 1. The fraction of sp³-hybridized carbons (Fsp3) is 0.619. The minimum absolute atomic E-state index is 0.0548. The first-order valence-corrected chi connectivity index (χ1v) is 10.8. The molecule has 0 saturated carbocycles. The molecular formula is C21H32N2O2S. The van der Waals surface area contributed by atoms with Crippen molar-refractivity contribution in [2.24, 2.45) is 5.92 Å². The van der Waals surface area contributed by atoms with Crippen LogP contribution in [0.5, 0.6) is 0 Å². The quantitative estimate of drug-likeness (QED) is 0.701. The molecule has 144 valence electrons. The van der Waals surface area contributed by atoms with Crippen LogP contribution in [0.15, 0.2) is 29.2 Å². The summed E-state index contributed by atoms with van der Waals surface area (Å²) >= 11 is 1.63. The van der Waals surface area contributed by atoms with Crippen LogP contribution in [0.4, 0.5) is 0 Å². The number of nitrogens with zero attached hydrogens (tertiary/aromatic N) is 1.